The number of amides is 1. The Morgan fingerprint density at radius 3 is 2.61 bits per heavy atom. The topological polar surface area (TPSA) is 66.9 Å². The molecule has 0 bridgehead atoms. The summed E-state index contributed by atoms with van der Waals surface area (Å²) >= 11 is 0. The van der Waals surface area contributed by atoms with Crippen LogP contribution in [0.4, 0.5) is 11.6 Å². The summed E-state index contributed by atoms with van der Waals surface area (Å²) in [4.78, 5) is 20.8. The van der Waals surface area contributed by atoms with Gasteiger partial charge in [0.1, 0.15) is 5.69 Å². The van der Waals surface area contributed by atoms with Gasteiger partial charge in [0.2, 0.25) is 5.95 Å². The first kappa shape index (κ1) is 15.5. The van der Waals surface area contributed by atoms with E-state index < -0.39 is 0 Å². The van der Waals surface area contributed by atoms with Crippen LogP contribution in [0.2, 0.25) is 0 Å². The van der Waals surface area contributed by atoms with E-state index in [1.54, 1.807) is 12.3 Å². The molecule has 23 heavy (non-hydrogen) atoms. The zero-order chi connectivity index (χ0) is 16.1. The van der Waals surface area contributed by atoms with Crippen molar-refractivity contribution in [2.75, 3.05) is 5.32 Å². The fourth-order valence-corrected chi connectivity index (χ4v) is 2.83. The Labute approximate surface area is 136 Å². The Bertz CT molecular complexity index is 663. The summed E-state index contributed by atoms with van der Waals surface area (Å²) in [6.07, 6.45) is 7.12. The van der Waals surface area contributed by atoms with E-state index in [0.29, 0.717) is 11.6 Å². The van der Waals surface area contributed by atoms with Crippen LogP contribution < -0.4 is 10.6 Å². The first-order chi connectivity index (χ1) is 11.2. The molecule has 1 aliphatic rings. The minimum absolute atomic E-state index is 0.122. The maximum Gasteiger partial charge on any atom is 0.270 e. The van der Waals surface area contributed by atoms with E-state index in [0.717, 1.165) is 24.9 Å². The lowest BCUT2D eigenvalue weighted by atomic mass is 10.1. The lowest BCUT2D eigenvalue weighted by Crippen LogP contribution is -2.33. The Hall–Kier alpha value is -2.43. The number of aryl methyl sites for hydroxylation is 1. The van der Waals surface area contributed by atoms with Crippen molar-refractivity contribution in [2.24, 2.45) is 0 Å². The number of nitrogens with one attached hydrogen (secondary N) is 2. The monoisotopic (exact) mass is 310 g/mol. The van der Waals surface area contributed by atoms with Crippen molar-refractivity contribution >= 4 is 17.5 Å². The van der Waals surface area contributed by atoms with Crippen LogP contribution in [-0.4, -0.2) is 21.9 Å². The van der Waals surface area contributed by atoms with Crippen LogP contribution in [0.3, 0.4) is 0 Å². The lowest BCUT2D eigenvalue weighted by Gasteiger charge is -2.12. The van der Waals surface area contributed by atoms with Gasteiger partial charge in [-0.2, -0.15) is 0 Å². The quantitative estimate of drug-likeness (QED) is 0.887. The van der Waals surface area contributed by atoms with Crippen molar-refractivity contribution in [2.45, 2.75) is 45.1 Å². The fraction of sp³-hybridized carbons (Fsp3) is 0.389. The molecular weight excluding hydrogens is 288 g/mol. The van der Waals surface area contributed by atoms with Crippen LogP contribution >= 0.6 is 0 Å². The van der Waals surface area contributed by atoms with E-state index in [2.05, 4.69) is 39.7 Å². The number of anilines is 2. The molecule has 0 aliphatic heterocycles. The Kier molecular flexibility index (Phi) is 4.86. The molecular formula is C18H22N4O. The van der Waals surface area contributed by atoms with Crippen molar-refractivity contribution < 1.29 is 4.79 Å². The molecule has 1 heterocycles. The molecule has 120 valence electrons. The molecule has 0 radical (unpaired) electrons. The van der Waals surface area contributed by atoms with Gasteiger partial charge < -0.3 is 10.6 Å². The molecule has 0 spiro atoms. The second kappa shape index (κ2) is 7.22. The van der Waals surface area contributed by atoms with E-state index >= 15 is 0 Å². The second-order valence-corrected chi connectivity index (χ2v) is 5.90. The van der Waals surface area contributed by atoms with Gasteiger partial charge in [0, 0.05) is 17.9 Å². The molecule has 0 saturated heterocycles. The van der Waals surface area contributed by atoms with Crippen LogP contribution in [0.5, 0.6) is 0 Å². The van der Waals surface area contributed by atoms with Crippen LogP contribution in [-0.2, 0) is 6.42 Å². The Balaban J connectivity index is 1.67. The Morgan fingerprint density at radius 1 is 1.17 bits per heavy atom. The van der Waals surface area contributed by atoms with Crippen LogP contribution in [0, 0.1) is 0 Å². The molecule has 1 aliphatic carbocycles. The summed E-state index contributed by atoms with van der Waals surface area (Å²) in [5, 5.41) is 6.19. The number of hydrogen-bond acceptors (Lipinski definition) is 4. The standard InChI is InChI=1S/C18H22N4O/c1-2-13-7-9-15(10-8-13)21-18-19-12-11-16(22-18)17(23)20-14-5-3-4-6-14/h7-12,14H,2-6H2,1H3,(H,20,23)(H,19,21,22). The molecule has 1 amide bonds. The molecule has 2 N–H and O–H groups in total. The van der Waals surface area contributed by atoms with Crippen molar-refractivity contribution in [1.82, 2.24) is 15.3 Å². The fourth-order valence-electron chi connectivity index (χ4n) is 2.83. The van der Waals surface area contributed by atoms with Crippen molar-refractivity contribution in [1.29, 1.82) is 0 Å². The molecule has 2 aromatic rings. The SMILES string of the molecule is CCc1ccc(Nc2nccc(C(=O)NC3CCCC3)n2)cc1. The first-order valence-electron chi connectivity index (χ1n) is 8.24. The van der Waals surface area contributed by atoms with Crippen molar-refractivity contribution in [3.05, 3.63) is 47.8 Å². The number of nitrogens with zero attached hydrogens (tertiary/aromatic N) is 2. The van der Waals surface area contributed by atoms with E-state index in [-0.39, 0.29) is 11.9 Å². The number of benzene rings is 1. The average molecular weight is 310 g/mol. The van der Waals surface area contributed by atoms with Crippen molar-refractivity contribution in [3.8, 4) is 0 Å². The summed E-state index contributed by atoms with van der Waals surface area (Å²) in [6.45, 7) is 2.12. The van der Waals surface area contributed by atoms with Crippen LogP contribution in [0.15, 0.2) is 36.5 Å². The van der Waals surface area contributed by atoms with Crippen LogP contribution in [0.25, 0.3) is 0 Å². The largest absolute Gasteiger partial charge is 0.348 e. The smallest absolute Gasteiger partial charge is 0.270 e. The summed E-state index contributed by atoms with van der Waals surface area (Å²) in [7, 11) is 0. The zero-order valence-electron chi connectivity index (χ0n) is 13.4. The minimum atomic E-state index is -0.122. The predicted octanol–water partition coefficient (Wildman–Crippen LogP) is 3.46. The van der Waals surface area contributed by atoms with Gasteiger partial charge in [-0.3, -0.25) is 4.79 Å². The number of hydrogen-bond donors (Lipinski definition) is 2. The third-order valence-electron chi connectivity index (χ3n) is 4.20. The van der Waals surface area contributed by atoms with Gasteiger partial charge in [0.05, 0.1) is 0 Å². The summed E-state index contributed by atoms with van der Waals surface area (Å²) < 4.78 is 0. The second-order valence-electron chi connectivity index (χ2n) is 5.90. The predicted molar refractivity (Wildman–Crippen MR) is 90.9 cm³/mol. The van der Waals surface area contributed by atoms with Gasteiger partial charge in [0.25, 0.3) is 5.91 Å². The molecule has 5 nitrogen and oxygen atoms in total. The number of aromatic nitrogens is 2. The van der Waals surface area contributed by atoms with E-state index in [1.165, 1.54) is 18.4 Å². The number of carbonyl (C=O) groups excluding carboxylic acids is 1. The summed E-state index contributed by atoms with van der Waals surface area (Å²) in [6, 6.07) is 10.1. The Morgan fingerprint density at radius 2 is 1.91 bits per heavy atom. The van der Waals surface area contributed by atoms with Gasteiger partial charge in [-0.15, -0.1) is 0 Å². The van der Waals surface area contributed by atoms with E-state index in [1.807, 2.05) is 12.1 Å². The zero-order valence-corrected chi connectivity index (χ0v) is 13.4. The maximum absolute atomic E-state index is 12.3. The van der Waals surface area contributed by atoms with Crippen molar-refractivity contribution in [3.63, 3.8) is 0 Å². The molecule has 0 atom stereocenters. The molecule has 5 heteroatoms. The van der Waals surface area contributed by atoms with Gasteiger partial charge >= 0.3 is 0 Å². The molecule has 3 rings (SSSR count). The maximum atomic E-state index is 12.3. The molecule has 0 unspecified atom stereocenters. The highest BCUT2D eigenvalue weighted by Crippen LogP contribution is 2.18. The molecule has 1 aromatic heterocycles. The molecule has 1 fully saturated rings. The van der Waals surface area contributed by atoms with Gasteiger partial charge in [-0.25, -0.2) is 9.97 Å². The molecule has 1 saturated carbocycles. The summed E-state index contributed by atoms with van der Waals surface area (Å²) in [5.74, 6) is 0.317. The van der Waals surface area contributed by atoms with E-state index in [9.17, 15) is 4.79 Å². The minimum Gasteiger partial charge on any atom is -0.348 e. The highest BCUT2D eigenvalue weighted by molar-refractivity contribution is 5.92. The van der Waals surface area contributed by atoms with Gasteiger partial charge in [0.15, 0.2) is 0 Å². The lowest BCUT2D eigenvalue weighted by molar-refractivity contribution is 0.0933. The third-order valence-corrected chi connectivity index (χ3v) is 4.20. The van der Waals surface area contributed by atoms with Gasteiger partial charge in [-0.1, -0.05) is 31.9 Å². The number of rotatable bonds is 5. The normalized spacial score (nSPS) is 14.7. The summed E-state index contributed by atoms with van der Waals surface area (Å²) in [5.41, 5.74) is 2.59. The highest BCUT2D eigenvalue weighted by Gasteiger charge is 2.18. The van der Waals surface area contributed by atoms with Gasteiger partial charge in [-0.05, 0) is 43.0 Å². The molecule has 1 aromatic carbocycles. The first-order valence-corrected chi connectivity index (χ1v) is 8.24. The average Bonchev–Trinajstić information content (AvgIpc) is 3.09. The number of carbonyl (C=O) groups is 1. The van der Waals surface area contributed by atoms with Crippen LogP contribution in [0.1, 0.15) is 48.7 Å². The van der Waals surface area contributed by atoms with E-state index in [4.69, 9.17) is 0 Å². The highest BCUT2D eigenvalue weighted by atomic mass is 16.1. The third kappa shape index (κ3) is 4.06.